The number of benzene rings is 2. The molecule has 0 aliphatic rings. The SMILES string of the molecule is CCn1c(SCC(=O)Nc2cc(C(=O)OC)cc(C(=O)OC)c2)nnc1-c1ccccc1. The summed E-state index contributed by atoms with van der Waals surface area (Å²) in [5, 5.41) is 11.8. The molecule has 0 atom stereocenters. The zero-order chi connectivity index (χ0) is 23.1. The zero-order valence-corrected chi connectivity index (χ0v) is 18.6. The van der Waals surface area contributed by atoms with Crippen molar-refractivity contribution in [1.82, 2.24) is 14.8 Å². The lowest BCUT2D eigenvalue weighted by atomic mass is 10.1. The summed E-state index contributed by atoms with van der Waals surface area (Å²) >= 11 is 1.24. The number of thioether (sulfide) groups is 1. The van der Waals surface area contributed by atoms with Crippen LogP contribution in [0.5, 0.6) is 0 Å². The number of amides is 1. The van der Waals surface area contributed by atoms with E-state index in [2.05, 4.69) is 15.5 Å². The van der Waals surface area contributed by atoms with E-state index in [1.165, 1.54) is 44.2 Å². The highest BCUT2D eigenvalue weighted by atomic mass is 32.2. The molecule has 1 amide bonds. The predicted molar refractivity (Wildman–Crippen MR) is 120 cm³/mol. The van der Waals surface area contributed by atoms with Crippen LogP contribution in [0.3, 0.4) is 0 Å². The molecule has 0 unspecified atom stereocenters. The Bertz CT molecular complexity index is 1100. The molecule has 1 heterocycles. The summed E-state index contributed by atoms with van der Waals surface area (Å²) < 4.78 is 11.3. The van der Waals surface area contributed by atoms with Gasteiger partial charge in [0.15, 0.2) is 11.0 Å². The summed E-state index contributed by atoms with van der Waals surface area (Å²) in [6, 6.07) is 13.9. The third-order valence-corrected chi connectivity index (χ3v) is 5.42. The fraction of sp³-hybridized carbons (Fsp3) is 0.227. The van der Waals surface area contributed by atoms with Crippen LogP contribution in [0.4, 0.5) is 5.69 Å². The van der Waals surface area contributed by atoms with Gasteiger partial charge in [0.1, 0.15) is 0 Å². The normalized spacial score (nSPS) is 10.5. The van der Waals surface area contributed by atoms with Gasteiger partial charge >= 0.3 is 11.9 Å². The van der Waals surface area contributed by atoms with Crippen LogP contribution in [-0.2, 0) is 20.8 Å². The summed E-state index contributed by atoms with van der Waals surface area (Å²) in [6.07, 6.45) is 0. The minimum Gasteiger partial charge on any atom is -0.465 e. The van der Waals surface area contributed by atoms with Crippen molar-refractivity contribution < 1.29 is 23.9 Å². The number of hydrogen-bond donors (Lipinski definition) is 1. The molecular formula is C22H22N4O5S. The Morgan fingerprint density at radius 2 is 1.59 bits per heavy atom. The highest BCUT2D eigenvalue weighted by molar-refractivity contribution is 7.99. The number of nitrogens with zero attached hydrogens (tertiary/aromatic N) is 3. The molecule has 0 aliphatic heterocycles. The number of rotatable bonds is 8. The summed E-state index contributed by atoms with van der Waals surface area (Å²) in [4.78, 5) is 36.4. The third-order valence-electron chi connectivity index (χ3n) is 4.46. The first-order chi connectivity index (χ1) is 15.5. The molecule has 166 valence electrons. The Balaban J connectivity index is 1.73. The summed E-state index contributed by atoms with van der Waals surface area (Å²) in [5.74, 6) is -0.817. The van der Waals surface area contributed by atoms with Crippen molar-refractivity contribution >= 4 is 35.3 Å². The van der Waals surface area contributed by atoms with Gasteiger partial charge in [0.2, 0.25) is 5.91 Å². The van der Waals surface area contributed by atoms with Crippen LogP contribution in [0, 0.1) is 0 Å². The first-order valence-electron chi connectivity index (χ1n) is 9.69. The van der Waals surface area contributed by atoms with E-state index in [1.807, 2.05) is 41.8 Å². The zero-order valence-electron chi connectivity index (χ0n) is 17.8. The molecule has 1 aromatic heterocycles. The average Bonchev–Trinajstić information content (AvgIpc) is 3.24. The van der Waals surface area contributed by atoms with E-state index in [9.17, 15) is 14.4 Å². The first-order valence-corrected chi connectivity index (χ1v) is 10.7. The van der Waals surface area contributed by atoms with E-state index in [0.29, 0.717) is 11.7 Å². The molecule has 0 fully saturated rings. The van der Waals surface area contributed by atoms with Crippen molar-refractivity contribution in [2.75, 3.05) is 25.3 Å². The topological polar surface area (TPSA) is 112 Å². The lowest BCUT2D eigenvalue weighted by Crippen LogP contribution is -2.16. The van der Waals surface area contributed by atoms with Crippen molar-refractivity contribution in [3.8, 4) is 11.4 Å². The Kier molecular flexibility index (Phi) is 7.61. The number of nitrogens with one attached hydrogen (secondary N) is 1. The Hall–Kier alpha value is -3.66. The molecule has 0 radical (unpaired) electrons. The lowest BCUT2D eigenvalue weighted by Gasteiger charge is -2.10. The predicted octanol–water partition coefficient (Wildman–Crippen LogP) is 3.27. The second kappa shape index (κ2) is 10.6. The van der Waals surface area contributed by atoms with E-state index < -0.39 is 11.9 Å². The van der Waals surface area contributed by atoms with Crippen LogP contribution in [0.25, 0.3) is 11.4 Å². The maximum absolute atomic E-state index is 12.5. The smallest absolute Gasteiger partial charge is 0.337 e. The van der Waals surface area contributed by atoms with Crippen molar-refractivity contribution in [3.05, 3.63) is 59.7 Å². The molecule has 0 saturated carbocycles. The number of aromatic nitrogens is 3. The van der Waals surface area contributed by atoms with Crippen LogP contribution in [-0.4, -0.2) is 52.6 Å². The largest absolute Gasteiger partial charge is 0.465 e. The molecule has 2 aromatic carbocycles. The summed E-state index contributed by atoms with van der Waals surface area (Å²) in [6.45, 7) is 2.62. The van der Waals surface area contributed by atoms with E-state index in [1.54, 1.807) is 0 Å². The fourth-order valence-corrected chi connectivity index (χ4v) is 3.78. The van der Waals surface area contributed by atoms with Gasteiger partial charge in [0.05, 0.1) is 31.1 Å². The number of methoxy groups -OCH3 is 2. The van der Waals surface area contributed by atoms with Gasteiger partial charge in [0, 0.05) is 17.8 Å². The highest BCUT2D eigenvalue weighted by Gasteiger charge is 2.17. The third kappa shape index (κ3) is 5.33. The van der Waals surface area contributed by atoms with Crippen molar-refractivity contribution in [2.24, 2.45) is 0 Å². The molecule has 1 N–H and O–H groups in total. The molecule has 0 saturated heterocycles. The van der Waals surface area contributed by atoms with Gasteiger partial charge in [-0.3, -0.25) is 4.79 Å². The van der Waals surface area contributed by atoms with Crippen LogP contribution < -0.4 is 5.32 Å². The first kappa shape index (κ1) is 23.0. The van der Waals surface area contributed by atoms with Gasteiger partial charge in [-0.1, -0.05) is 42.1 Å². The van der Waals surface area contributed by atoms with Crippen molar-refractivity contribution in [1.29, 1.82) is 0 Å². The van der Waals surface area contributed by atoms with Crippen LogP contribution in [0.15, 0.2) is 53.7 Å². The number of esters is 2. The van der Waals surface area contributed by atoms with Crippen molar-refractivity contribution in [2.45, 2.75) is 18.6 Å². The second-order valence-corrected chi connectivity index (χ2v) is 7.48. The average molecular weight is 455 g/mol. The molecule has 9 nitrogen and oxygen atoms in total. The van der Waals surface area contributed by atoms with Crippen LogP contribution in [0.1, 0.15) is 27.6 Å². The molecule has 32 heavy (non-hydrogen) atoms. The molecule has 0 aliphatic carbocycles. The number of anilines is 1. The molecule has 10 heteroatoms. The van der Waals surface area contributed by atoms with Gasteiger partial charge in [-0.15, -0.1) is 10.2 Å². The van der Waals surface area contributed by atoms with E-state index in [0.717, 1.165) is 11.4 Å². The summed E-state index contributed by atoms with van der Waals surface area (Å²) in [5.41, 5.74) is 1.46. The quantitative estimate of drug-likeness (QED) is 0.408. The monoisotopic (exact) mass is 454 g/mol. The van der Waals surface area contributed by atoms with Gasteiger partial charge < -0.3 is 19.4 Å². The minimum absolute atomic E-state index is 0.0585. The number of carbonyl (C=O) groups excluding carboxylic acids is 3. The molecule has 0 spiro atoms. The van der Waals surface area contributed by atoms with E-state index in [4.69, 9.17) is 9.47 Å². The van der Waals surface area contributed by atoms with E-state index in [-0.39, 0.29) is 28.5 Å². The van der Waals surface area contributed by atoms with Crippen LogP contribution >= 0.6 is 11.8 Å². The maximum atomic E-state index is 12.5. The number of ether oxygens (including phenoxy) is 2. The number of hydrogen-bond acceptors (Lipinski definition) is 8. The second-order valence-electron chi connectivity index (χ2n) is 6.54. The van der Waals surface area contributed by atoms with Gasteiger partial charge in [0.25, 0.3) is 0 Å². The van der Waals surface area contributed by atoms with Crippen molar-refractivity contribution in [3.63, 3.8) is 0 Å². The standard InChI is InChI=1S/C22H22N4O5S/c1-4-26-19(14-8-6-5-7-9-14)24-25-22(26)32-13-18(27)23-17-11-15(20(28)30-2)10-16(12-17)21(29)31-3/h5-12H,4,13H2,1-3H3,(H,23,27). The highest BCUT2D eigenvalue weighted by Crippen LogP contribution is 2.24. The van der Waals surface area contributed by atoms with Gasteiger partial charge in [-0.05, 0) is 25.1 Å². The molecular weight excluding hydrogens is 432 g/mol. The molecule has 3 aromatic rings. The Labute approximate surface area is 189 Å². The van der Waals surface area contributed by atoms with E-state index >= 15 is 0 Å². The minimum atomic E-state index is -0.634. The molecule has 0 bridgehead atoms. The Morgan fingerprint density at radius 3 is 2.16 bits per heavy atom. The van der Waals surface area contributed by atoms with Crippen LogP contribution in [0.2, 0.25) is 0 Å². The fourth-order valence-electron chi connectivity index (χ4n) is 2.98. The number of carbonyl (C=O) groups is 3. The van der Waals surface area contributed by atoms with Gasteiger partial charge in [-0.25, -0.2) is 9.59 Å². The molecule has 3 rings (SSSR count). The lowest BCUT2D eigenvalue weighted by molar-refractivity contribution is -0.113. The Morgan fingerprint density at radius 1 is 0.969 bits per heavy atom. The maximum Gasteiger partial charge on any atom is 0.337 e. The van der Waals surface area contributed by atoms with Gasteiger partial charge in [-0.2, -0.15) is 0 Å². The summed E-state index contributed by atoms with van der Waals surface area (Å²) in [7, 11) is 2.46.